The second kappa shape index (κ2) is 15.9. The molecule has 1 aromatic heterocycles. The van der Waals surface area contributed by atoms with Gasteiger partial charge in [0.1, 0.15) is 29.7 Å². The molecule has 39 heavy (non-hydrogen) atoms. The molecule has 0 aliphatic carbocycles. The first-order chi connectivity index (χ1) is 18.0. The lowest BCUT2D eigenvalue weighted by molar-refractivity contribution is -0.149. The van der Waals surface area contributed by atoms with Crippen LogP contribution in [0.25, 0.3) is 0 Å². The van der Waals surface area contributed by atoms with Crippen LogP contribution in [0.5, 0.6) is 5.75 Å². The van der Waals surface area contributed by atoms with Gasteiger partial charge in [0.25, 0.3) is 0 Å². The second-order valence-electron chi connectivity index (χ2n) is 9.07. The molecule has 13 heteroatoms. The summed E-state index contributed by atoms with van der Waals surface area (Å²) in [4.78, 5) is 22.9. The number of halogens is 1. The van der Waals surface area contributed by atoms with Crippen LogP contribution in [-0.2, 0) is 18.8 Å². The Hall–Kier alpha value is -2.59. The molecule has 11 nitrogen and oxygen atoms in total. The van der Waals surface area contributed by atoms with E-state index in [1.165, 1.54) is 6.33 Å². The molecule has 1 aromatic carbocycles. The topological polar surface area (TPSA) is 141 Å². The van der Waals surface area contributed by atoms with Crippen LogP contribution < -0.4 is 25.6 Å². The highest BCUT2D eigenvalue weighted by Gasteiger charge is 2.39. The molecule has 3 rings (SSSR count). The van der Waals surface area contributed by atoms with Gasteiger partial charge >= 0.3 is 13.5 Å². The van der Waals surface area contributed by atoms with Crippen LogP contribution in [0.3, 0.4) is 0 Å². The summed E-state index contributed by atoms with van der Waals surface area (Å²) in [5.41, 5.74) is 5.29. The highest BCUT2D eigenvalue weighted by Crippen LogP contribution is 2.46. The number of nitrogen functional groups attached to an aromatic ring is 1. The number of fused-ring (bicyclic) bond motifs is 1. The van der Waals surface area contributed by atoms with Crippen molar-refractivity contribution in [1.82, 2.24) is 15.1 Å². The molecule has 0 saturated carbocycles. The number of unbranched alkanes of at least 4 members (excludes halogenated alkanes) is 1. The Balaban J connectivity index is 0.00000248. The molecule has 0 saturated heterocycles. The van der Waals surface area contributed by atoms with Crippen LogP contribution in [-0.4, -0.2) is 53.7 Å². The summed E-state index contributed by atoms with van der Waals surface area (Å²) in [6, 6.07) is 6.45. The van der Waals surface area contributed by atoms with Crippen molar-refractivity contribution in [2.75, 3.05) is 42.1 Å². The maximum Gasteiger partial charge on any atom is 0.342 e. The maximum atomic E-state index is 13.9. The molecule has 1 aliphatic rings. The molecule has 2 atom stereocenters. The Bertz CT molecular complexity index is 1090. The first-order valence-corrected chi connectivity index (χ1v) is 14.9. The van der Waals surface area contributed by atoms with Gasteiger partial charge in [0.15, 0.2) is 11.6 Å². The van der Waals surface area contributed by atoms with Gasteiger partial charge in [-0.15, -0.1) is 0 Å². The van der Waals surface area contributed by atoms with Crippen LogP contribution in [0.4, 0.5) is 17.3 Å². The van der Waals surface area contributed by atoms with Gasteiger partial charge in [0, 0.05) is 11.6 Å². The lowest BCUT2D eigenvalue weighted by atomic mass is 10.1. The third-order valence-corrected chi connectivity index (χ3v) is 7.51. The van der Waals surface area contributed by atoms with Crippen LogP contribution in [0.15, 0.2) is 30.6 Å². The fourth-order valence-electron chi connectivity index (χ4n) is 3.50. The third-order valence-electron chi connectivity index (χ3n) is 5.37. The number of hydrogen-bond acceptors (Lipinski definition) is 10. The van der Waals surface area contributed by atoms with Crippen molar-refractivity contribution in [3.63, 3.8) is 0 Å². The molecule has 2 aromatic rings. The number of carbonyl (C=O) groups excluding carboxylic acids is 1. The van der Waals surface area contributed by atoms with Gasteiger partial charge in [0.05, 0.1) is 19.4 Å². The number of nitrogens with one attached hydrogen (secondary N) is 2. The van der Waals surface area contributed by atoms with E-state index in [4.69, 9.17) is 31.3 Å². The van der Waals surface area contributed by atoms with Crippen molar-refractivity contribution in [3.8, 4) is 5.75 Å². The molecule has 0 radical (unpaired) electrons. The van der Waals surface area contributed by atoms with Gasteiger partial charge in [-0.05, 0) is 51.5 Å². The van der Waals surface area contributed by atoms with Crippen molar-refractivity contribution < 1.29 is 23.4 Å². The van der Waals surface area contributed by atoms with E-state index in [2.05, 4.69) is 20.4 Å². The standard InChI is InChI=1S/C23H34ClN6O5P.C2H6.CH4/c1-5-6-11-33-22(31)23(3,4)29-36(32,35-18-9-7-17(24)8-10-18)15-34-16(2)12-30-14-28-19-20(25)26-13-27-21(19)30;1-2;/h7-10,13,16,28H,5-6,11-12,14-15H2,1-4H3,(H,29,32)(H2,25,26,27);1-2H3;1H4. The molecule has 2 heterocycles. The monoisotopic (exact) mass is 586 g/mol. The quantitative estimate of drug-likeness (QED) is 0.146. The number of nitrogens with zero attached hydrogens (tertiary/aromatic N) is 3. The summed E-state index contributed by atoms with van der Waals surface area (Å²) in [6.45, 7) is 12.3. The van der Waals surface area contributed by atoms with Gasteiger partial charge in [0.2, 0.25) is 0 Å². The number of anilines is 3. The summed E-state index contributed by atoms with van der Waals surface area (Å²) in [5.74, 6) is 0.842. The van der Waals surface area contributed by atoms with E-state index in [-0.39, 0.29) is 26.5 Å². The zero-order valence-corrected chi connectivity index (χ0v) is 24.6. The number of esters is 1. The summed E-state index contributed by atoms with van der Waals surface area (Å²) in [7, 11) is -3.74. The van der Waals surface area contributed by atoms with E-state index in [1.807, 2.05) is 32.6 Å². The average Bonchev–Trinajstić information content (AvgIpc) is 3.29. The Morgan fingerprint density at radius 2 is 1.95 bits per heavy atom. The zero-order valence-electron chi connectivity index (χ0n) is 23.0. The average molecular weight is 587 g/mol. The summed E-state index contributed by atoms with van der Waals surface area (Å²) < 4.78 is 31.1. The molecule has 0 fully saturated rings. The van der Waals surface area contributed by atoms with Crippen LogP contribution >= 0.6 is 19.1 Å². The van der Waals surface area contributed by atoms with Crippen LogP contribution in [0.2, 0.25) is 5.02 Å². The van der Waals surface area contributed by atoms with E-state index in [0.717, 1.165) is 12.8 Å². The minimum atomic E-state index is -3.74. The number of ether oxygens (including phenoxy) is 2. The largest absolute Gasteiger partial charge is 0.464 e. The fraction of sp³-hybridized carbons (Fsp3) is 0.577. The number of rotatable bonds is 13. The van der Waals surface area contributed by atoms with Crippen molar-refractivity contribution in [3.05, 3.63) is 35.6 Å². The second-order valence-corrected chi connectivity index (χ2v) is 11.5. The molecule has 220 valence electrons. The smallest absolute Gasteiger partial charge is 0.342 e. The first kappa shape index (κ1) is 34.4. The van der Waals surface area contributed by atoms with Crippen molar-refractivity contribution in [2.45, 2.75) is 73.5 Å². The number of hydrogen-bond donors (Lipinski definition) is 3. The van der Waals surface area contributed by atoms with Crippen LogP contribution in [0.1, 0.15) is 61.8 Å². The molecule has 0 bridgehead atoms. The Morgan fingerprint density at radius 3 is 2.59 bits per heavy atom. The van der Waals surface area contributed by atoms with E-state index >= 15 is 0 Å². The number of aromatic nitrogens is 2. The summed E-state index contributed by atoms with van der Waals surface area (Å²) >= 11 is 5.97. The molecular weight excluding hydrogens is 543 g/mol. The summed E-state index contributed by atoms with van der Waals surface area (Å²) in [6.07, 6.45) is 2.38. The maximum absolute atomic E-state index is 13.9. The molecule has 0 spiro atoms. The van der Waals surface area contributed by atoms with Crippen molar-refractivity contribution in [1.29, 1.82) is 0 Å². The molecule has 2 unspecified atom stereocenters. The number of carbonyl (C=O) groups is 1. The van der Waals surface area contributed by atoms with Crippen molar-refractivity contribution in [2.24, 2.45) is 0 Å². The molecule has 0 amide bonds. The molecule has 4 N–H and O–H groups in total. The SMILES string of the molecule is C.CC.CCCCOC(=O)C(C)(C)NP(=O)(COC(C)CN1CNc2c(N)ncnc21)Oc1ccc(Cl)cc1. The van der Waals surface area contributed by atoms with E-state index < -0.39 is 19.0 Å². The predicted octanol–water partition coefficient (Wildman–Crippen LogP) is 5.91. The Kier molecular flexibility index (Phi) is 14.0. The first-order valence-electron chi connectivity index (χ1n) is 12.7. The van der Waals surface area contributed by atoms with Gasteiger partial charge in [-0.25, -0.2) is 15.1 Å². The minimum absolute atomic E-state index is 0. The van der Waals surface area contributed by atoms with E-state index in [0.29, 0.717) is 41.3 Å². The minimum Gasteiger partial charge on any atom is -0.464 e. The van der Waals surface area contributed by atoms with Gasteiger partial charge in [-0.1, -0.05) is 46.2 Å². The predicted molar refractivity (Wildman–Crippen MR) is 159 cm³/mol. The van der Waals surface area contributed by atoms with E-state index in [9.17, 15) is 9.36 Å². The summed E-state index contributed by atoms with van der Waals surface area (Å²) in [5, 5.41) is 6.55. The lowest BCUT2D eigenvalue weighted by Crippen LogP contribution is -2.47. The highest BCUT2D eigenvalue weighted by molar-refractivity contribution is 7.57. The van der Waals surface area contributed by atoms with E-state index in [1.54, 1.807) is 38.1 Å². The van der Waals surface area contributed by atoms with Crippen molar-refractivity contribution >= 4 is 42.4 Å². The van der Waals surface area contributed by atoms with Gasteiger partial charge in [-0.3, -0.25) is 9.36 Å². The molecule has 1 aliphatic heterocycles. The lowest BCUT2D eigenvalue weighted by Gasteiger charge is -2.31. The normalized spacial score (nSPS) is 14.5. The van der Waals surface area contributed by atoms with Gasteiger partial charge < -0.3 is 29.9 Å². The zero-order chi connectivity index (χ0) is 28.3. The number of benzene rings is 1. The number of nitrogens with two attached hydrogens (primary N) is 1. The highest BCUT2D eigenvalue weighted by atomic mass is 35.5. The Morgan fingerprint density at radius 1 is 1.28 bits per heavy atom. The Labute approximate surface area is 237 Å². The fourth-order valence-corrected chi connectivity index (χ4v) is 5.64. The molecular formula is C26H44ClN6O5P. The van der Waals surface area contributed by atoms with Gasteiger partial charge in [-0.2, -0.15) is 0 Å². The van der Waals surface area contributed by atoms with Crippen LogP contribution in [0, 0.1) is 0 Å². The third kappa shape index (κ3) is 10.1.